The molecule has 0 aromatic heterocycles. The van der Waals surface area contributed by atoms with E-state index in [0.717, 1.165) is 5.56 Å². The average molecular weight is 295 g/mol. The number of hydrogen-bond acceptors (Lipinski definition) is 2. The molecule has 0 bridgehead atoms. The summed E-state index contributed by atoms with van der Waals surface area (Å²) in [5.41, 5.74) is 4.48. The molecule has 2 aromatic carbocycles. The van der Waals surface area contributed by atoms with Gasteiger partial charge in [0.25, 0.3) is 0 Å². The monoisotopic (exact) mass is 295 g/mol. The molecule has 1 unspecified atom stereocenters. The third-order valence-electron chi connectivity index (χ3n) is 3.99. The van der Waals surface area contributed by atoms with Crippen LogP contribution in [-0.2, 0) is 6.54 Å². The second-order valence-corrected chi connectivity index (χ2v) is 6.23. The highest BCUT2D eigenvalue weighted by molar-refractivity contribution is 5.99. The summed E-state index contributed by atoms with van der Waals surface area (Å²) in [6.45, 7) is 9.01. The zero-order valence-electron chi connectivity index (χ0n) is 13.9. The van der Waals surface area contributed by atoms with Crippen LogP contribution in [0.4, 0.5) is 0 Å². The zero-order valence-corrected chi connectivity index (χ0v) is 13.9. The van der Waals surface area contributed by atoms with Crippen LogP contribution in [0, 0.1) is 6.92 Å². The predicted octanol–water partition coefficient (Wildman–Crippen LogP) is 4.48. The second kappa shape index (κ2) is 7.37. The Morgan fingerprint density at radius 3 is 2.09 bits per heavy atom. The Bertz CT molecular complexity index is 611. The SMILES string of the molecule is Cc1ccc(CNC(C)C(=O)c2ccc(C(C)C)cc2)cc1. The van der Waals surface area contributed by atoms with Crippen LogP contribution in [0.3, 0.4) is 0 Å². The van der Waals surface area contributed by atoms with Gasteiger partial charge in [-0.3, -0.25) is 4.79 Å². The minimum atomic E-state index is -0.189. The molecule has 0 saturated heterocycles. The van der Waals surface area contributed by atoms with Gasteiger partial charge in [0.05, 0.1) is 6.04 Å². The molecule has 0 fully saturated rings. The number of Topliss-reactive ketones (excluding diaryl/α,β-unsaturated/α-hetero) is 1. The Balaban J connectivity index is 1.95. The van der Waals surface area contributed by atoms with Gasteiger partial charge in [0, 0.05) is 12.1 Å². The van der Waals surface area contributed by atoms with Gasteiger partial charge < -0.3 is 5.32 Å². The van der Waals surface area contributed by atoms with Gasteiger partial charge in [-0.25, -0.2) is 0 Å². The van der Waals surface area contributed by atoms with Gasteiger partial charge in [0.2, 0.25) is 0 Å². The summed E-state index contributed by atoms with van der Waals surface area (Å²) in [7, 11) is 0. The maximum Gasteiger partial charge on any atom is 0.179 e. The van der Waals surface area contributed by atoms with Crippen LogP contribution >= 0.6 is 0 Å². The van der Waals surface area contributed by atoms with Crippen LogP contribution in [0.5, 0.6) is 0 Å². The van der Waals surface area contributed by atoms with Crippen molar-refractivity contribution in [1.82, 2.24) is 5.32 Å². The Hall–Kier alpha value is -1.93. The van der Waals surface area contributed by atoms with Crippen LogP contribution in [0.25, 0.3) is 0 Å². The molecule has 1 atom stereocenters. The molecule has 0 saturated carbocycles. The molecule has 2 rings (SSSR count). The zero-order chi connectivity index (χ0) is 16.1. The normalized spacial score (nSPS) is 12.4. The first-order chi connectivity index (χ1) is 10.5. The molecule has 0 aliphatic heterocycles. The predicted molar refractivity (Wildman–Crippen MR) is 92.3 cm³/mol. The first kappa shape index (κ1) is 16.4. The molecule has 0 radical (unpaired) electrons. The van der Waals surface area contributed by atoms with Crippen molar-refractivity contribution >= 4 is 5.78 Å². The maximum atomic E-state index is 12.4. The topological polar surface area (TPSA) is 29.1 Å². The molecule has 0 spiro atoms. The number of aryl methyl sites for hydroxylation is 1. The molecule has 2 heteroatoms. The van der Waals surface area contributed by atoms with Gasteiger partial charge in [0.15, 0.2) is 5.78 Å². The summed E-state index contributed by atoms with van der Waals surface area (Å²) in [4.78, 5) is 12.4. The van der Waals surface area contributed by atoms with E-state index < -0.39 is 0 Å². The number of rotatable bonds is 6. The van der Waals surface area contributed by atoms with Crippen LogP contribution in [-0.4, -0.2) is 11.8 Å². The minimum Gasteiger partial charge on any atom is -0.303 e. The molecular weight excluding hydrogens is 270 g/mol. The van der Waals surface area contributed by atoms with Crippen LogP contribution < -0.4 is 5.32 Å². The third-order valence-corrected chi connectivity index (χ3v) is 3.99. The lowest BCUT2D eigenvalue weighted by Gasteiger charge is -2.14. The largest absolute Gasteiger partial charge is 0.303 e. The highest BCUT2D eigenvalue weighted by Gasteiger charge is 2.14. The number of carbonyl (C=O) groups is 1. The van der Waals surface area contributed by atoms with Gasteiger partial charge in [-0.1, -0.05) is 67.9 Å². The second-order valence-electron chi connectivity index (χ2n) is 6.23. The third kappa shape index (κ3) is 4.28. The Kier molecular flexibility index (Phi) is 5.51. The van der Waals surface area contributed by atoms with Crippen molar-refractivity contribution in [1.29, 1.82) is 0 Å². The maximum absolute atomic E-state index is 12.4. The summed E-state index contributed by atoms with van der Waals surface area (Å²) in [5.74, 6) is 0.628. The van der Waals surface area contributed by atoms with Gasteiger partial charge in [-0.15, -0.1) is 0 Å². The van der Waals surface area contributed by atoms with Crippen molar-refractivity contribution < 1.29 is 4.79 Å². The highest BCUT2D eigenvalue weighted by Crippen LogP contribution is 2.15. The van der Waals surface area contributed by atoms with Crippen molar-refractivity contribution in [2.45, 2.75) is 46.2 Å². The molecule has 116 valence electrons. The van der Waals surface area contributed by atoms with Gasteiger partial charge in [-0.2, -0.15) is 0 Å². The van der Waals surface area contributed by atoms with Gasteiger partial charge in [0.1, 0.15) is 0 Å². The summed E-state index contributed by atoms with van der Waals surface area (Å²) in [6.07, 6.45) is 0. The number of benzene rings is 2. The lowest BCUT2D eigenvalue weighted by atomic mass is 9.98. The van der Waals surface area contributed by atoms with Crippen molar-refractivity contribution in [2.24, 2.45) is 0 Å². The van der Waals surface area contributed by atoms with Crippen LogP contribution in [0.2, 0.25) is 0 Å². The van der Waals surface area contributed by atoms with E-state index in [4.69, 9.17) is 0 Å². The fraction of sp³-hybridized carbons (Fsp3) is 0.350. The van der Waals surface area contributed by atoms with E-state index in [2.05, 4.69) is 50.4 Å². The van der Waals surface area contributed by atoms with E-state index in [-0.39, 0.29) is 11.8 Å². The molecule has 22 heavy (non-hydrogen) atoms. The van der Waals surface area contributed by atoms with E-state index in [0.29, 0.717) is 12.5 Å². The Morgan fingerprint density at radius 2 is 1.55 bits per heavy atom. The molecule has 0 heterocycles. The molecule has 0 aliphatic rings. The fourth-order valence-electron chi connectivity index (χ4n) is 2.35. The fourth-order valence-corrected chi connectivity index (χ4v) is 2.35. The van der Waals surface area contributed by atoms with Crippen molar-refractivity contribution in [3.8, 4) is 0 Å². The van der Waals surface area contributed by atoms with Crippen molar-refractivity contribution in [2.75, 3.05) is 0 Å². The number of ketones is 1. The minimum absolute atomic E-state index is 0.141. The number of nitrogens with one attached hydrogen (secondary N) is 1. The average Bonchev–Trinajstić information content (AvgIpc) is 2.53. The van der Waals surface area contributed by atoms with E-state index >= 15 is 0 Å². The van der Waals surface area contributed by atoms with Crippen LogP contribution in [0.15, 0.2) is 48.5 Å². The van der Waals surface area contributed by atoms with E-state index in [1.807, 2.05) is 31.2 Å². The molecule has 1 N–H and O–H groups in total. The van der Waals surface area contributed by atoms with Crippen molar-refractivity contribution in [3.63, 3.8) is 0 Å². The van der Waals surface area contributed by atoms with Gasteiger partial charge in [-0.05, 0) is 30.9 Å². The molecule has 2 nitrogen and oxygen atoms in total. The van der Waals surface area contributed by atoms with Crippen LogP contribution in [0.1, 0.15) is 53.7 Å². The lowest BCUT2D eigenvalue weighted by molar-refractivity contribution is 0.0950. The standard InChI is InChI=1S/C20H25NO/c1-14(2)18-9-11-19(12-10-18)20(22)16(4)21-13-17-7-5-15(3)6-8-17/h5-12,14,16,21H,13H2,1-4H3. The van der Waals surface area contributed by atoms with Crippen molar-refractivity contribution in [3.05, 3.63) is 70.8 Å². The molecule has 0 aliphatic carbocycles. The summed E-state index contributed by atoms with van der Waals surface area (Å²) in [5, 5.41) is 3.30. The summed E-state index contributed by atoms with van der Waals surface area (Å²) >= 11 is 0. The number of hydrogen-bond donors (Lipinski definition) is 1. The Morgan fingerprint density at radius 1 is 0.955 bits per heavy atom. The van der Waals surface area contributed by atoms with E-state index in [9.17, 15) is 4.79 Å². The molecule has 2 aromatic rings. The molecular formula is C20H25NO. The van der Waals surface area contributed by atoms with Gasteiger partial charge >= 0.3 is 0 Å². The summed E-state index contributed by atoms with van der Waals surface area (Å²) in [6, 6.07) is 16.1. The quantitative estimate of drug-likeness (QED) is 0.796. The first-order valence-corrected chi connectivity index (χ1v) is 7.90. The Labute approximate surface area is 133 Å². The van der Waals surface area contributed by atoms with E-state index in [1.165, 1.54) is 16.7 Å². The highest BCUT2D eigenvalue weighted by atomic mass is 16.1. The first-order valence-electron chi connectivity index (χ1n) is 7.90. The number of carbonyl (C=O) groups excluding carboxylic acids is 1. The lowest BCUT2D eigenvalue weighted by Crippen LogP contribution is -2.33. The smallest absolute Gasteiger partial charge is 0.179 e. The summed E-state index contributed by atoms with van der Waals surface area (Å²) < 4.78 is 0. The van der Waals surface area contributed by atoms with E-state index in [1.54, 1.807) is 0 Å². The molecule has 0 amide bonds.